The summed E-state index contributed by atoms with van der Waals surface area (Å²) >= 11 is 0. The molecule has 1 heterocycles. The van der Waals surface area contributed by atoms with Crippen molar-refractivity contribution in [3.8, 4) is 0 Å². The molecule has 0 aliphatic heterocycles. The Labute approximate surface area is 83.8 Å². The van der Waals surface area contributed by atoms with Crippen LogP contribution >= 0.6 is 0 Å². The first-order valence-corrected chi connectivity index (χ1v) is 4.79. The van der Waals surface area contributed by atoms with Crippen LogP contribution in [0.5, 0.6) is 0 Å². The lowest BCUT2D eigenvalue weighted by atomic mass is 10.0. The standard InChI is InChI=1S/C12H14N2/c1-8-9(2)14-12-6-4-3-5-10(12)11(8)7-13/h3-6H,7,13H2,1-2H3. The molecule has 1 aromatic heterocycles. The minimum absolute atomic E-state index is 0.579. The number of fused-ring (bicyclic) bond motifs is 1. The fraction of sp³-hybridized carbons (Fsp3) is 0.250. The third-order valence-corrected chi connectivity index (χ3v) is 2.72. The van der Waals surface area contributed by atoms with E-state index in [4.69, 9.17) is 5.73 Å². The highest BCUT2D eigenvalue weighted by molar-refractivity contribution is 5.83. The maximum atomic E-state index is 5.76. The van der Waals surface area contributed by atoms with Crippen molar-refractivity contribution in [3.05, 3.63) is 41.1 Å². The molecule has 2 nitrogen and oxygen atoms in total. The largest absolute Gasteiger partial charge is 0.326 e. The number of para-hydroxylation sites is 1. The topological polar surface area (TPSA) is 38.9 Å². The summed E-state index contributed by atoms with van der Waals surface area (Å²) in [6.45, 7) is 4.69. The number of hydrogen-bond acceptors (Lipinski definition) is 2. The van der Waals surface area contributed by atoms with Gasteiger partial charge in [-0.05, 0) is 31.0 Å². The minimum Gasteiger partial charge on any atom is -0.326 e. The van der Waals surface area contributed by atoms with Crippen LogP contribution in [-0.2, 0) is 6.54 Å². The average molecular weight is 186 g/mol. The van der Waals surface area contributed by atoms with E-state index in [2.05, 4.69) is 18.0 Å². The second-order valence-corrected chi connectivity index (χ2v) is 3.52. The predicted molar refractivity (Wildman–Crippen MR) is 59.1 cm³/mol. The van der Waals surface area contributed by atoms with Crippen molar-refractivity contribution < 1.29 is 0 Å². The van der Waals surface area contributed by atoms with Crippen molar-refractivity contribution in [3.63, 3.8) is 0 Å². The van der Waals surface area contributed by atoms with Gasteiger partial charge < -0.3 is 5.73 Å². The number of rotatable bonds is 1. The Bertz CT molecular complexity index is 475. The van der Waals surface area contributed by atoms with Crippen molar-refractivity contribution in [1.29, 1.82) is 0 Å². The number of aromatic nitrogens is 1. The quantitative estimate of drug-likeness (QED) is 0.742. The molecule has 0 aliphatic carbocycles. The van der Waals surface area contributed by atoms with E-state index in [0.29, 0.717) is 6.54 Å². The zero-order valence-corrected chi connectivity index (χ0v) is 8.54. The Morgan fingerprint density at radius 1 is 1.21 bits per heavy atom. The predicted octanol–water partition coefficient (Wildman–Crippen LogP) is 2.31. The van der Waals surface area contributed by atoms with Crippen LogP contribution < -0.4 is 5.73 Å². The lowest BCUT2D eigenvalue weighted by molar-refractivity contribution is 1.04. The van der Waals surface area contributed by atoms with Crippen LogP contribution in [0.1, 0.15) is 16.8 Å². The highest BCUT2D eigenvalue weighted by atomic mass is 14.7. The van der Waals surface area contributed by atoms with Crippen molar-refractivity contribution in [1.82, 2.24) is 4.98 Å². The lowest BCUT2D eigenvalue weighted by Gasteiger charge is -2.10. The van der Waals surface area contributed by atoms with Gasteiger partial charge in [-0.1, -0.05) is 18.2 Å². The SMILES string of the molecule is Cc1nc2ccccc2c(CN)c1C. The highest BCUT2D eigenvalue weighted by Gasteiger charge is 2.06. The molecule has 0 fully saturated rings. The highest BCUT2D eigenvalue weighted by Crippen LogP contribution is 2.21. The first kappa shape index (κ1) is 9.16. The summed E-state index contributed by atoms with van der Waals surface area (Å²) in [4.78, 5) is 4.53. The molecule has 72 valence electrons. The molecule has 0 amide bonds. The van der Waals surface area contributed by atoms with Gasteiger partial charge in [0.15, 0.2) is 0 Å². The molecule has 2 rings (SSSR count). The summed E-state index contributed by atoms with van der Waals surface area (Å²) in [5, 5.41) is 1.18. The number of nitrogens with zero attached hydrogens (tertiary/aromatic N) is 1. The van der Waals surface area contributed by atoms with Gasteiger partial charge in [-0.3, -0.25) is 4.98 Å². The van der Waals surface area contributed by atoms with Crippen LogP contribution in [0, 0.1) is 13.8 Å². The summed E-state index contributed by atoms with van der Waals surface area (Å²) < 4.78 is 0. The molecule has 2 heteroatoms. The van der Waals surface area contributed by atoms with E-state index in [1.165, 1.54) is 16.5 Å². The smallest absolute Gasteiger partial charge is 0.0708 e. The molecule has 1 aromatic carbocycles. The Morgan fingerprint density at radius 3 is 2.64 bits per heavy atom. The van der Waals surface area contributed by atoms with Crippen LogP contribution in [0.2, 0.25) is 0 Å². The van der Waals surface area contributed by atoms with E-state index in [9.17, 15) is 0 Å². The molecule has 0 unspecified atom stereocenters. The number of benzene rings is 1. The van der Waals surface area contributed by atoms with E-state index in [-0.39, 0.29) is 0 Å². The van der Waals surface area contributed by atoms with E-state index in [1.54, 1.807) is 0 Å². The van der Waals surface area contributed by atoms with Gasteiger partial charge in [-0.15, -0.1) is 0 Å². The monoisotopic (exact) mass is 186 g/mol. The normalized spacial score (nSPS) is 10.8. The van der Waals surface area contributed by atoms with Crippen molar-refractivity contribution in [2.75, 3.05) is 0 Å². The van der Waals surface area contributed by atoms with Gasteiger partial charge in [-0.2, -0.15) is 0 Å². The number of hydrogen-bond donors (Lipinski definition) is 1. The van der Waals surface area contributed by atoms with Gasteiger partial charge >= 0.3 is 0 Å². The first-order valence-electron chi connectivity index (χ1n) is 4.79. The summed E-state index contributed by atoms with van der Waals surface area (Å²) in [5.74, 6) is 0. The van der Waals surface area contributed by atoms with Crippen molar-refractivity contribution in [2.24, 2.45) is 5.73 Å². The third-order valence-electron chi connectivity index (χ3n) is 2.72. The van der Waals surface area contributed by atoms with Crippen LogP contribution in [0.3, 0.4) is 0 Å². The third kappa shape index (κ3) is 1.28. The van der Waals surface area contributed by atoms with E-state index < -0.39 is 0 Å². The van der Waals surface area contributed by atoms with Crippen LogP contribution in [0.15, 0.2) is 24.3 Å². The van der Waals surface area contributed by atoms with E-state index >= 15 is 0 Å². The second kappa shape index (κ2) is 3.39. The van der Waals surface area contributed by atoms with Gasteiger partial charge in [0.1, 0.15) is 0 Å². The molecular formula is C12H14N2. The Hall–Kier alpha value is -1.41. The molecule has 0 radical (unpaired) electrons. The molecule has 0 saturated carbocycles. The fourth-order valence-electron chi connectivity index (χ4n) is 1.77. The minimum atomic E-state index is 0.579. The van der Waals surface area contributed by atoms with Crippen molar-refractivity contribution in [2.45, 2.75) is 20.4 Å². The number of aryl methyl sites for hydroxylation is 1. The molecule has 0 saturated heterocycles. The Kier molecular flexibility index (Phi) is 2.22. The second-order valence-electron chi connectivity index (χ2n) is 3.52. The maximum absolute atomic E-state index is 5.76. The molecule has 0 atom stereocenters. The molecule has 2 N–H and O–H groups in total. The molecule has 0 spiro atoms. The van der Waals surface area contributed by atoms with Crippen LogP contribution in [-0.4, -0.2) is 4.98 Å². The summed E-state index contributed by atoms with van der Waals surface area (Å²) in [7, 11) is 0. The zero-order valence-electron chi connectivity index (χ0n) is 8.54. The maximum Gasteiger partial charge on any atom is 0.0708 e. The van der Waals surface area contributed by atoms with Gasteiger partial charge in [-0.25, -0.2) is 0 Å². The molecule has 14 heavy (non-hydrogen) atoms. The van der Waals surface area contributed by atoms with E-state index in [1.807, 2.05) is 25.1 Å². The van der Waals surface area contributed by atoms with Crippen molar-refractivity contribution >= 4 is 10.9 Å². The molecule has 2 aromatic rings. The summed E-state index contributed by atoms with van der Waals surface area (Å²) in [6, 6.07) is 8.14. The number of pyridine rings is 1. The lowest BCUT2D eigenvalue weighted by Crippen LogP contribution is -2.03. The van der Waals surface area contributed by atoms with Gasteiger partial charge in [0.2, 0.25) is 0 Å². The van der Waals surface area contributed by atoms with Gasteiger partial charge in [0, 0.05) is 17.6 Å². The Balaban J connectivity index is 2.89. The Morgan fingerprint density at radius 2 is 1.93 bits per heavy atom. The average Bonchev–Trinajstić information content (AvgIpc) is 2.20. The zero-order chi connectivity index (χ0) is 10.1. The van der Waals surface area contributed by atoms with Gasteiger partial charge in [0.25, 0.3) is 0 Å². The van der Waals surface area contributed by atoms with Crippen LogP contribution in [0.4, 0.5) is 0 Å². The fourth-order valence-corrected chi connectivity index (χ4v) is 1.77. The molecular weight excluding hydrogens is 172 g/mol. The molecule has 0 aliphatic rings. The van der Waals surface area contributed by atoms with Gasteiger partial charge in [0.05, 0.1) is 5.52 Å². The first-order chi connectivity index (χ1) is 6.74. The summed E-state index contributed by atoms with van der Waals surface area (Å²) in [6.07, 6.45) is 0. The molecule has 0 bridgehead atoms. The summed E-state index contributed by atoms with van der Waals surface area (Å²) in [5.41, 5.74) is 10.3. The van der Waals surface area contributed by atoms with E-state index in [0.717, 1.165) is 11.2 Å². The number of nitrogens with two attached hydrogens (primary N) is 1. The van der Waals surface area contributed by atoms with Crippen LogP contribution in [0.25, 0.3) is 10.9 Å².